The average Bonchev–Trinajstić information content (AvgIpc) is 2.42. The number of hydrogen-bond donors (Lipinski definition) is 1. The third-order valence-corrected chi connectivity index (χ3v) is 3.87. The van der Waals surface area contributed by atoms with Gasteiger partial charge < -0.3 is 0 Å². The lowest BCUT2D eigenvalue weighted by molar-refractivity contribution is -0.117. The van der Waals surface area contributed by atoms with Gasteiger partial charge in [-0.25, -0.2) is 4.72 Å². The van der Waals surface area contributed by atoms with Crippen LogP contribution in [0.1, 0.15) is 27.7 Å². The molecule has 4 nitrogen and oxygen atoms in total. The molecule has 1 heterocycles. The second-order valence-electron chi connectivity index (χ2n) is 3.41. The first-order valence-electron chi connectivity index (χ1n) is 3.36. The third kappa shape index (κ3) is 1.66. The fourth-order valence-corrected chi connectivity index (χ4v) is 1.99. The number of hydrogen-bond acceptors (Lipinski definition) is 3. The smallest absolute Gasteiger partial charge is 0.235 e. The standard InChI is InChI=1S/C6H13NO3S/c1-5(8)7-11(9-10-11)6(2,3)4/h1-4H3,(H,7,8). The summed E-state index contributed by atoms with van der Waals surface area (Å²) < 4.78 is 12.2. The minimum absolute atomic E-state index is 0.118. The number of nitrogens with one attached hydrogen (secondary N) is 1. The van der Waals surface area contributed by atoms with Crippen LogP contribution in [0.4, 0.5) is 0 Å². The Morgan fingerprint density at radius 1 is 1.36 bits per heavy atom. The molecule has 1 aliphatic rings. The van der Waals surface area contributed by atoms with E-state index >= 15 is 0 Å². The number of rotatable bonds is 1. The molecule has 11 heavy (non-hydrogen) atoms. The Hall–Kier alpha value is -0.260. The number of carbonyl (C=O) groups is 1. The minimum Gasteiger partial charge on any atom is -0.274 e. The summed E-state index contributed by atoms with van der Waals surface area (Å²) in [5, 5.41) is 0. The van der Waals surface area contributed by atoms with E-state index in [1.807, 2.05) is 20.8 Å². The lowest BCUT2D eigenvalue weighted by atomic mass is 10.3. The molecule has 0 aromatic rings. The van der Waals surface area contributed by atoms with E-state index in [0.717, 1.165) is 0 Å². The van der Waals surface area contributed by atoms with Crippen LogP contribution in [0, 0.1) is 0 Å². The topological polar surface area (TPSA) is 54.2 Å². The molecule has 0 spiro atoms. The van der Waals surface area contributed by atoms with Gasteiger partial charge in [-0.15, -0.1) is 0 Å². The van der Waals surface area contributed by atoms with E-state index in [1.165, 1.54) is 6.92 Å². The molecule has 0 unspecified atom stereocenters. The molecule has 1 aliphatic heterocycles. The van der Waals surface area contributed by atoms with Crippen LogP contribution in [-0.4, -0.2) is 10.7 Å². The molecule has 1 amide bonds. The van der Waals surface area contributed by atoms with Crippen molar-refractivity contribution in [3.8, 4) is 0 Å². The van der Waals surface area contributed by atoms with Crippen LogP contribution in [0.2, 0.25) is 0 Å². The Labute approximate surface area is 68.0 Å². The van der Waals surface area contributed by atoms with Crippen molar-refractivity contribution in [2.75, 3.05) is 0 Å². The minimum atomic E-state index is -1.75. The van der Waals surface area contributed by atoms with Gasteiger partial charge in [0.05, 0.1) is 4.75 Å². The van der Waals surface area contributed by atoms with Crippen LogP contribution >= 0.6 is 10.8 Å². The van der Waals surface area contributed by atoms with Crippen LogP contribution in [0.25, 0.3) is 0 Å². The molecule has 0 aliphatic carbocycles. The fourth-order valence-electron chi connectivity index (χ4n) is 0.608. The van der Waals surface area contributed by atoms with Crippen molar-refractivity contribution in [1.29, 1.82) is 0 Å². The highest BCUT2D eigenvalue weighted by Gasteiger charge is 2.50. The van der Waals surface area contributed by atoms with Crippen molar-refractivity contribution >= 4 is 16.7 Å². The molecule has 0 saturated carbocycles. The van der Waals surface area contributed by atoms with Crippen LogP contribution in [-0.2, 0) is 13.5 Å². The zero-order valence-electron chi connectivity index (χ0n) is 7.13. The van der Waals surface area contributed by atoms with Crippen molar-refractivity contribution in [1.82, 2.24) is 4.72 Å². The van der Waals surface area contributed by atoms with E-state index in [-0.39, 0.29) is 10.7 Å². The van der Waals surface area contributed by atoms with Gasteiger partial charge in [-0.1, -0.05) is 8.67 Å². The Kier molecular flexibility index (Phi) is 1.90. The Morgan fingerprint density at radius 3 is 1.91 bits per heavy atom. The maximum absolute atomic E-state index is 10.7. The molecule has 66 valence electrons. The lowest BCUT2D eigenvalue weighted by Crippen LogP contribution is -2.29. The fraction of sp³-hybridized carbons (Fsp3) is 0.833. The monoisotopic (exact) mass is 179 g/mol. The maximum Gasteiger partial charge on any atom is 0.235 e. The molecule has 1 saturated heterocycles. The van der Waals surface area contributed by atoms with Crippen molar-refractivity contribution in [2.45, 2.75) is 32.4 Å². The highest BCUT2D eigenvalue weighted by Crippen LogP contribution is 2.70. The van der Waals surface area contributed by atoms with Crippen molar-refractivity contribution in [3.63, 3.8) is 0 Å². The van der Waals surface area contributed by atoms with E-state index in [0.29, 0.717) is 0 Å². The summed E-state index contributed by atoms with van der Waals surface area (Å²) in [4.78, 5) is 10.7. The van der Waals surface area contributed by atoms with Gasteiger partial charge in [0.2, 0.25) is 5.91 Å². The Morgan fingerprint density at radius 2 is 1.82 bits per heavy atom. The molecular formula is C6H13NO3S. The molecule has 0 atom stereocenters. The van der Waals surface area contributed by atoms with Crippen LogP contribution in [0.3, 0.4) is 0 Å². The van der Waals surface area contributed by atoms with Gasteiger partial charge in [0.15, 0.2) is 0 Å². The normalized spacial score (nSPS) is 24.0. The largest absolute Gasteiger partial charge is 0.274 e. The average molecular weight is 179 g/mol. The van der Waals surface area contributed by atoms with Gasteiger partial charge in [-0.3, -0.25) is 4.79 Å². The zero-order valence-corrected chi connectivity index (χ0v) is 7.95. The molecule has 1 N–H and O–H groups in total. The SMILES string of the molecule is CC(=O)NS1(C(C)(C)C)OO1. The van der Waals surface area contributed by atoms with Crippen LogP contribution in [0.5, 0.6) is 0 Å². The maximum atomic E-state index is 10.7. The van der Waals surface area contributed by atoms with Crippen LogP contribution < -0.4 is 4.72 Å². The molecule has 0 aromatic heterocycles. The van der Waals surface area contributed by atoms with Gasteiger partial charge in [0, 0.05) is 6.92 Å². The summed E-state index contributed by atoms with van der Waals surface area (Å²) in [5.74, 6) is -0.118. The first kappa shape index (κ1) is 8.83. The van der Waals surface area contributed by atoms with Gasteiger partial charge in [-0.2, -0.15) is 0 Å². The highest BCUT2D eigenvalue weighted by atomic mass is 32.3. The van der Waals surface area contributed by atoms with Crippen LogP contribution in [0.15, 0.2) is 0 Å². The second-order valence-corrected chi connectivity index (χ2v) is 6.12. The molecule has 0 bridgehead atoms. The summed E-state index contributed by atoms with van der Waals surface area (Å²) in [5.41, 5.74) is 0. The summed E-state index contributed by atoms with van der Waals surface area (Å²) in [6.45, 7) is 7.34. The number of carbonyl (C=O) groups excluding carboxylic acids is 1. The van der Waals surface area contributed by atoms with Gasteiger partial charge >= 0.3 is 0 Å². The third-order valence-electron chi connectivity index (χ3n) is 1.29. The van der Waals surface area contributed by atoms with Crippen molar-refractivity contribution in [3.05, 3.63) is 0 Å². The lowest BCUT2D eigenvalue weighted by Gasteiger charge is -2.29. The Balaban J connectivity index is 2.61. The predicted molar refractivity (Wildman–Crippen MR) is 43.3 cm³/mol. The van der Waals surface area contributed by atoms with Gasteiger partial charge in [0.25, 0.3) is 0 Å². The van der Waals surface area contributed by atoms with E-state index in [2.05, 4.69) is 4.72 Å². The summed E-state index contributed by atoms with van der Waals surface area (Å²) in [6.07, 6.45) is 0. The van der Waals surface area contributed by atoms with E-state index in [4.69, 9.17) is 8.67 Å². The predicted octanol–water partition coefficient (Wildman–Crippen LogP) is 1.43. The quantitative estimate of drug-likeness (QED) is 0.489. The van der Waals surface area contributed by atoms with Gasteiger partial charge in [-0.05, 0) is 31.5 Å². The van der Waals surface area contributed by atoms with E-state index in [1.54, 1.807) is 0 Å². The van der Waals surface area contributed by atoms with Crippen molar-refractivity contribution in [2.24, 2.45) is 0 Å². The van der Waals surface area contributed by atoms with E-state index < -0.39 is 10.8 Å². The first-order chi connectivity index (χ1) is 4.87. The van der Waals surface area contributed by atoms with E-state index in [9.17, 15) is 4.79 Å². The summed E-state index contributed by atoms with van der Waals surface area (Å²) in [7, 11) is -1.75. The molecule has 5 heteroatoms. The Bertz CT molecular complexity index is 183. The second kappa shape index (κ2) is 2.36. The summed E-state index contributed by atoms with van der Waals surface area (Å²) >= 11 is 0. The number of amides is 1. The first-order valence-corrected chi connectivity index (χ1v) is 4.85. The molecule has 0 radical (unpaired) electrons. The highest BCUT2D eigenvalue weighted by molar-refractivity contribution is 8.29. The molecule has 1 rings (SSSR count). The summed E-state index contributed by atoms with van der Waals surface area (Å²) in [6, 6.07) is 0. The molecule has 0 aromatic carbocycles. The van der Waals surface area contributed by atoms with Gasteiger partial charge in [0.1, 0.15) is 0 Å². The molecule has 1 fully saturated rings. The molecular weight excluding hydrogens is 166 g/mol. The van der Waals surface area contributed by atoms with Crippen molar-refractivity contribution < 1.29 is 13.5 Å². The zero-order chi connectivity index (χ0) is 8.70.